The minimum atomic E-state index is 0.424. The summed E-state index contributed by atoms with van der Waals surface area (Å²) >= 11 is 0. The van der Waals surface area contributed by atoms with E-state index in [1.807, 2.05) is 13.8 Å². The lowest BCUT2D eigenvalue weighted by Gasteiger charge is -2.12. The van der Waals surface area contributed by atoms with Crippen LogP contribution >= 0.6 is 0 Å². The number of anilines is 1. The maximum Gasteiger partial charge on any atom is 0.247 e. The number of aryl methyl sites for hydroxylation is 2. The van der Waals surface area contributed by atoms with E-state index in [1.54, 1.807) is 39.7 Å². The Labute approximate surface area is 147 Å². The minimum Gasteiger partial charge on any atom is -0.493 e. The third-order valence-electron chi connectivity index (χ3n) is 3.43. The van der Waals surface area contributed by atoms with Gasteiger partial charge in [-0.1, -0.05) is 13.8 Å². The smallest absolute Gasteiger partial charge is 0.247 e. The van der Waals surface area contributed by atoms with Crippen molar-refractivity contribution in [3.05, 3.63) is 29.3 Å². The SMILES string of the molecule is CCc1nc(CC)nc(N/N=C/c2cc(OC)c(OC)c(OC)c2)n1. The molecule has 1 aromatic carbocycles. The summed E-state index contributed by atoms with van der Waals surface area (Å²) in [6, 6.07) is 3.60. The van der Waals surface area contributed by atoms with Crippen LogP contribution in [0.1, 0.15) is 31.1 Å². The molecule has 0 unspecified atom stereocenters. The van der Waals surface area contributed by atoms with Gasteiger partial charge >= 0.3 is 0 Å². The van der Waals surface area contributed by atoms with Gasteiger partial charge in [0, 0.05) is 18.4 Å². The highest BCUT2D eigenvalue weighted by molar-refractivity contribution is 5.82. The van der Waals surface area contributed by atoms with Gasteiger partial charge in [-0.05, 0) is 12.1 Å². The van der Waals surface area contributed by atoms with Crippen LogP contribution in [0.2, 0.25) is 0 Å². The van der Waals surface area contributed by atoms with Gasteiger partial charge in [0.15, 0.2) is 11.5 Å². The van der Waals surface area contributed by atoms with Crippen molar-refractivity contribution >= 4 is 12.2 Å². The number of hydrazone groups is 1. The molecule has 1 N–H and O–H groups in total. The van der Waals surface area contributed by atoms with Crippen molar-refractivity contribution in [1.29, 1.82) is 0 Å². The third-order valence-corrected chi connectivity index (χ3v) is 3.43. The minimum absolute atomic E-state index is 0.424. The second kappa shape index (κ2) is 8.81. The van der Waals surface area contributed by atoms with Crippen molar-refractivity contribution in [3.8, 4) is 17.2 Å². The van der Waals surface area contributed by atoms with E-state index in [4.69, 9.17) is 14.2 Å². The number of rotatable bonds is 8. The lowest BCUT2D eigenvalue weighted by Crippen LogP contribution is -2.06. The molecule has 2 rings (SSSR count). The fourth-order valence-electron chi connectivity index (χ4n) is 2.18. The number of methoxy groups -OCH3 is 3. The summed E-state index contributed by atoms with van der Waals surface area (Å²) in [4.78, 5) is 13.0. The van der Waals surface area contributed by atoms with Crippen LogP contribution in [0, 0.1) is 0 Å². The molecule has 0 aliphatic carbocycles. The molecule has 0 spiro atoms. The normalized spacial score (nSPS) is 10.8. The molecule has 0 atom stereocenters. The Morgan fingerprint density at radius 2 is 1.48 bits per heavy atom. The van der Waals surface area contributed by atoms with Crippen molar-refractivity contribution in [3.63, 3.8) is 0 Å². The zero-order valence-corrected chi connectivity index (χ0v) is 15.2. The third kappa shape index (κ3) is 4.56. The fourth-order valence-corrected chi connectivity index (χ4v) is 2.18. The van der Waals surface area contributed by atoms with E-state index in [1.165, 1.54) is 0 Å². The molecular weight excluding hydrogens is 322 g/mol. The second-order valence-corrected chi connectivity index (χ2v) is 5.03. The first-order valence-corrected chi connectivity index (χ1v) is 7.98. The van der Waals surface area contributed by atoms with Gasteiger partial charge < -0.3 is 14.2 Å². The highest BCUT2D eigenvalue weighted by atomic mass is 16.5. The molecular formula is C17H23N5O3. The van der Waals surface area contributed by atoms with Crippen molar-refractivity contribution in [2.75, 3.05) is 26.8 Å². The number of hydrogen-bond acceptors (Lipinski definition) is 8. The molecule has 0 radical (unpaired) electrons. The van der Waals surface area contributed by atoms with Crippen molar-refractivity contribution in [2.45, 2.75) is 26.7 Å². The average Bonchev–Trinajstić information content (AvgIpc) is 2.66. The van der Waals surface area contributed by atoms with Gasteiger partial charge in [0.2, 0.25) is 11.7 Å². The molecule has 8 nitrogen and oxygen atoms in total. The van der Waals surface area contributed by atoms with Crippen molar-refractivity contribution < 1.29 is 14.2 Å². The molecule has 0 amide bonds. The monoisotopic (exact) mass is 345 g/mol. The summed E-state index contributed by atoms with van der Waals surface area (Å²) < 4.78 is 16.0. The highest BCUT2D eigenvalue weighted by Crippen LogP contribution is 2.37. The molecule has 1 aromatic heterocycles. The lowest BCUT2D eigenvalue weighted by atomic mass is 10.2. The van der Waals surface area contributed by atoms with E-state index >= 15 is 0 Å². The van der Waals surface area contributed by atoms with Crippen LogP contribution in [0.3, 0.4) is 0 Å². The predicted molar refractivity (Wildman–Crippen MR) is 95.9 cm³/mol. The highest BCUT2D eigenvalue weighted by Gasteiger charge is 2.12. The van der Waals surface area contributed by atoms with Gasteiger partial charge in [-0.15, -0.1) is 0 Å². The maximum atomic E-state index is 5.32. The molecule has 1 heterocycles. The first kappa shape index (κ1) is 18.4. The van der Waals surface area contributed by atoms with Gasteiger partial charge in [-0.3, -0.25) is 0 Å². The second-order valence-electron chi connectivity index (χ2n) is 5.03. The first-order chi connectivity index (χ1) is 12.1. The molecule has 0 aliphatic heterocycles. The van der Waals surface area contributed by atoms with Crippen molar-refractivity contribution in [2.24, 2.45) is 5.10 Å². The van der Waals surface area contributed by atoms with E-state index in [0.29, 0.717) is 23.2 Å². The summed E-state index contributed by atoms with van der Waals surface area (Å²) in [5.74, 6) is 3.55. The Bertz CT molecular complexity index is 702. The molecule has 0 bridgehead atoms. The Hall–Kier alpha value is -2.90. The number of benzene rings is 1. The van der Waals surface area contributed by atoms with Gasteiger partial charge in [0.1, 0.15) is 11.6 Å². The number of ether oxygens (including phenoxy) is 3. The summed E-state index contributed by atoms with van der Waals surface area (Å²) in [5, 5.41) is 4.19. The maximum absolute atomic E-state index is 5.32. The molecule has 134 valence electrons. The van der Waals surface area contributed by atoms with E-state index in [0.717, 1.165) is 30.1 Å². The van der Waals surface area contributed by atoms with Crippen LogP contribution < -0.4 is 19.6 Å². The predicted octanol–water partition coefficient (Wildman–Crippen LogP) is 2.47. The molecule has 8 heteroatoms. The molecule has 0 saturated carbocycles. The van der Waals surface area contributed by atoms with Crippen LogP contribution in [-0.4, -0.2) is 42.5 Å². The Morgan fingerprint density at radius 1 is 0.920 bits per heavy atom. The molecule has 0 fully saturated rings. The van der Waals surface area contributed by atoms with Crippen LogP contribution in [0.15, 0.2) is 17.2 Å². The van der Waals surface area contributed by atoms with Crippen LogP contribution in [-0.2, 0) is 12.8 Å². The number of aromatic nitrogens is 3. The van der Waals surface area contributed by atoms with E-state index < -0.39 is 0 Å². The first-order valence-electron chi connectivity index (χ1n) is 7.98. The lowest BCUT2D eigenvalue weighted by molar-refractivity contribution is 0.324. The van der Waals surface area contributed by atoms with Crippen LogP contribution in [0.4, 0.5) is 5.95 Å². The zero-order valence-electron chi connectivity index (χ0n) is 15.2. The topological polar surface area (TPSA) is 90.8 Å². The Morgan fingerprint density at radius 3 is 1.92 bits per heavy atom. The molecule has 2 aromatic rings. The summed E-state index contributed by atoms with van der Waals surface area (Å²) in [7, 11) is 4.70. The van der Waals surface area contributed by atoms with Crippen molar-refractivity contribution in [1.82, 2.24) is 15.0 Å². The average molecular weight is 345 g/mol. The number of nitrogens with zero attached hydrogens (tertiary/aromatic N) is 4. The summed E-state index contributed by atoms with van der Waals surface area (Å²) in [5.41, 5.74) is 3.62. The Kier molecular flexibility index (Phi) is 6.50. The number of hydrogen-bond donors (Lipinski definition) is 1. The van der Waals surface area contributed by atoms with Gasteiger partial charge in [0.25, 0.3) is 0 Å². The fraction of sp³-hybridized carbons (Fsp3) is 0.412. The van der Waals surface area contributed by atoms with Crippen LogP contribution in [0.5, 0.6) is 17.2 Å². The molecule has 0 saturated heterocycles. The number of nitrogens with one attached hydrogen (secondary N) is 1. The van der Waals surface area contributed by atoms with E-state index in [-0.39, 0.29) is 0 Å². The molecule has 25 heavy (non-hydrogen) atoms. The van der Waals surface area contributed by atoms with Gasteiger partial charge in [0.05, 0.1) is 27.5 Å². The standard InChI is InChI=1S/C17H23N5O3/c1-6-14-19-15(7-2)21-17(20-14)22-18-10-11-8-12(23-3)16(25-5)13(9-11)24-4/h8-10H,6-7H2,1-5H3,(H,19,20,21,22)/b18-10+. The van der Waals surface area contributed by atoms with E-state index in [9.17, 15) is 0 Å². The zero-order chi connectivity index (χ0) is 18.2. The largest absolute Gasteiger partial charge is 0.493 e. The quantitative estimate of drug-likeness (QED) is 0.580. The van der Waals surface area contributed by atoms with Gasteiger partial charge in [-0.25, -0.2) is 10.4 Å². The summed E-state index contributed by atoms with van der Waals surface area (Å²) in [6.45, 7) is 4.00. The summed E-state index contributed by atoms with van der Waals surface area (Å²) in [6.07, 6.45) is 3.10. The Balaban J connectivity index is 2.22. The molecule has 0 aliphatic rings. The van der Waals surface area contributed by atoms with E-state index in [2.05, 4.69) is 25.5 Å². The van der Waals surface area contributed by atoms with Crippen LogP contribution in [0.25, 0.3) is 0 Å². The van der Waals surface area contributed by atoms with Gasteiger partial charge in [-0.2, -0.15) is 15.1 Å².